The van der Waals surface area contributed by atoms with Gasteiger partial charge in [-0.3, -0.25) is 0 Å². The van der Waals surface area contributed by atoms with Gasteiger partial charge >= 0.3 is 0 Å². The van der Waals surface area contributed by atoms with Crippen LogP contribution in [0.4, 0.5) is 22.7 Å². The van der Waals surface area contributed by atoms with E-state index in [-0.39, 0.29) is 16.2 Å². The first kappa shape index (κ1) is 34.8. The first-order valence-electron chi connectivity index (χ1n) is 19.3. The topological polar surface area (TPSA) is 11.4 Å². The molecule has 4 heteroatoms. The van der Waals surface area contributed by atoms with Gasteiger partial charge in [0.15, 0.2) is 0 Å². The maximum Gasteiger partial charge on any atom is 0.0550 e. The van der Waals surface area contributed by atoms with Gasteiger partial charge in [-0.25, -0.2) is 0 Å². The van der Waals surface area contributed by atoms with Gasteiger partial charge in [-0.1, -0.05) is 104 Å². The number of fused-ring (bicyclic) bond motifs is 7. The average Bonchev–Trinajstić information content (AvgIpc) is 3.42. The number of nitrogens with zero attached hydrogens (tertiary/aromatic N) is 3. The van der Waals surface area contributed by atoms with E-state index < -0.39 is 0 Å². The lowest BCUT2D eigenvalue weighted by Crippen LogP contribution is -2.31. The fraction of sp³-hybridized carbons (Fsp3) is 0.280. The van der Waals surface area contributed by atoms with Crippen LogP contribution in [0.5, 0.6) is 0 Å². The van der Waals surface area contributed by atoms with Gasteiger partial charge in [0.25, 0.3) is 0 Å². The molecule has 0 fully saturated rings. The van der Waals surface area contributed by atoms with Crippen LogP contribution in [0.25, 0.3) is 44.1 Å². The van der Waals surface area contributed by atoms with Gasteiger partial charge in [0.2, 0.25) is 0 Å². The number of hydrogen-bond donors (Lipinski definition) is 0. The molecule has 0 N–H and O–H groups in total. The van der Waals surface area contributed by atoms with E-state index in [1.54, 1.807) is 0 Å². The van der Waals surface area contributed by atoms with E-state index >= 15 is 0 Å². The van der Waals surface area contributed by atoms with Gasteiger partial charge in [0, 0.05) is 69.5 Å². The fourth-order valence-corrected chi connectivity index (χ4v) is 10.2. The zero-order valence-corrected chi connectivity index (χ0v) is 34.5. The van der Waals surface area contributed by atoms with Crippen molar-refractivity contribution >= 4 is 56.3 Å². The highest BCUT2D eigenvalue weighted by molar-refractivity contribution is 7.99. The Morgan fingerprint density at radius 1 is 0.500 bits per heavy atom. The first-order chi connectivity index (χ1) is 25.5. The number of rotatable bonds is 2. The molecule has 1 aromatic heterocycles. The Morgan fingerprint density at radius 2 is 1.07 bits per heavy atom. The molecule has 2 aliphatic rings. The normalized spacial score (nSPS) is 14.9. The molecule has 272 valence electrons. The largest absolute Gasteiger partial charge is 0.344 e. The minimum Gasteiger partial charge on any atom is -0.344 e. The van der Waals surface area contributed by atoms with E-state index in [1.165, 1.54) is 98.9 Å². The van der Waals surface area contributed by atoms with Crippen molar-refractivity contribution in [3.63, 3.8) is 0 Å². The second-order valence-electron chi connectivity index (χ2n) is 18.2. The highest BCUT2D eigenvalue weighted by atomic mass is 32.2. The smallest absolute Gasteiger partial charge is 0.0550 e. The Labute approximate surface area is 325 Å². The molecule has 0 amide bonds. The van der Waals surface area contributed by atoms with Crippen LogP contribution in [0.2, 0.25) is 0 Å². The number of hydrogen-bond acceptors (Lipinski definition) is 3. The predicted molar refractivity (Wildman–Crippen MR) is 234 cm³/mol. The molecule has 0 atom stereocenters. The lowest BCUT2D eigenvalue weighted by atomic mass is 9.72. The molecule has 3 heterocycles. The summed E-state index contributed by atoms with van der Waals surface area (Å²) in [5.74, 6) is 0. The van der Waals surface area contributed by atoms with E-state index in [4.69, 9.17) is 0 Å². The van der Waals surface area contributed by atoms with Crippen molar-refractivity contribution in [3.8, 4) is 22.3 Å². The molecule has 54 heavy (non-hydrogen) atoms. The highest BCUT2D eigenvalue weighted by Gasteiger charge is 2.36. The minimum absolute atomic E-state index is 0.0406. The van der Waals surface area contributed by atoms with E-state index in [9.17, 15) is 0 Å². The van der Waals surface area contributed by atoms with Crippen LogP contribution >= 0.6 is 11.8 Å². The molecular formula is C50H51N3S. The zero-order chi connectivity index (χ0) is 38.1. The van der Waals surface area contributed by atoms with Gasteiger partial charge in [0.05, 0.1) is 11.4 Å². The van der Waals surface area contributed by atoms with E-state index in [1.807, 2.05) is 11.8 Å². The highest BCUT2D eigenvalue weighted by Crippen LogP contribution is 2.52. The molecule has 0 radical (unpaired) electrons. The SMILES string of the molecule is CN1c2ccccc2Sc2cc(-c3ccc4c(c3)C(C)(C)c3cc(-c5cc6c(cc5C(C)(C)C)c5cc(C(C)(C)C)ccc5n6C)ccc3N4C)ccc21. The summed E-state index contributed by atoms with van der Waals surface area (Å²) in [7, 11) is 6.62. The Kier molecular flexibility index (Phi) is 7.60. The van der Waals surface area contributed by atoms with Crippen LogP contribution in [0.1, 0.15) is 77.6 Å². The van der Waals surface area contributed by atoms with E-state index in [0.717, 1.165) is 0 Å². The molecule has 0 saturated carbocycles. The molecule has 0 saturated heterocycles. The van der Waals surface area contributed by atoms with Gasteiger partial charge in [0.1, 0.15) is 0 Å². The second kappa shape index (κ2) is 11.8. The summed E-state index contributed by atoms with van der Waals surface area (Å²) in [6.07, 6.45) is 0. The lowest BCUT2D eigenvalue weighted by Gasteiger charge is -2.41. The summed E-state index contributed by atoms with van der Waals surface area (Å²) in [4.78, 5) is 7.30. The van der Waals surface area contributed by atoms with E-state index in [2.05, 4.69) is 200 Å². The third kappa shape index (κ3) is 5.24. The predicted octanol–water partition coefficient (Wildman–Crippen LogP) is 13.9. The number of aromatic nitrogens is 1. The molecule has 3 nitrogen and oxygen atoms in total. The van der Waals surface area contributed by atoms with Gasteiger partial charge < -0.3 is 14.4 Å². The van der Waals surface area contributed by atoms with Crippen molar-refractivity contribution in [1.82, 2.24) is 4.57 Å². The molecule has 0 unspecified atom stereocenters. The Balaban J connectivity index is 1.15. The number of anilines is 4. The third-order valence-electron chi connectivity index (χ3n) is 12.3. The van der Waals surface area contributed by atoms with Gasteiger partial charge in [-0.05, 0) is 128 Å². The van der Waals surface area contributed by atoms with Crippen LogP contribution in [0.3, 0.4) is 0 Å². The summed E-state index contributed by atoms with van der Waals surface area (Å²) in [6, 6.07) is 41.9. The second-order valence-corrected chi connectivity index (χ2v) is 19.2. The van der Waals surface area contributed by atoms with Crippen molar-refractivity contribution in [2.24, 2.45) is 7.05 Å². The van der Waals surface area contributed by atoms with Gasteiger partial charge in [-0.2, -0.15) is 0 Å². The number of aryl methyl sites for hydroxylation is 1. The molecule has 0 spiro atoms. The molecular weight excluding hydrogens is 675 g/mol. The summed E-state index contributed by atoms with van der Waals surface area (Å²) >= 11 is 1.87. The molecule has 0 bridgehead atoms. The standard InChI is InChI=1S/C50H51N3S/c1-48(2,3)33-19-23-40-35(27-33)36-28-37(49(4,5)6)34(29-45(36)51(40)9)32-18-21-42-39(25-32)50(7,8)38-24-30(16-20-41(38)52(42)10)31-17-22-44-47(26-31)54-46-15-13-12-14-43(46)53(44)11/h12-29H,1-11H3. The van der Waals surface area contributed by atoms with Crippen LogP contribution < -0.4 is 9.80 Å². The molecule has 2 aliphatic heterocycles. The number of benzene rings is 6. The van der Waals surface area contributed by atoms with Gasteiger partial charge in [-0.15, -0.1) is 0 Å². The molecule has 7 aromatic rings. The van der Waals surface area contributed by atoms with Crippen molar-refractivity contribution < 1.29 is 0 Å². The van der Waals surface area contributed by atoms with E-state index in [0.29, 0.717) is 0 Å². The summed E-state index contributed by atoms with van der Waals surface area (Å²) in [5.41, 5.74) is 18.0. The number of para-hydroxylation sites is 1. The maximum atomic E-state index is 2.49. The minimum atomic E-state index is -0.208. The summed E-state index contributed by atoms with van der Waals surface area (Å²) < 4.78 is 2.39. The Morgan fingerprint density at radius 3 is 1.76 bits per heavy atom. The fourth-order valence-electron chi connectivity index (χ4n) is 8.98. The van der Waals surface area contributed by atoms with Crippen molar-refractivity contribution in [2.45, 2.75) is 81.4 Å². The quantitative estimate of drug-likeness (QED) is 0.176. The van der Waals surface area contributed by atoms with Crippen molar-refractivity contribution in [2.75, 3.05) is 23.9 Å². The zero-order valence-electron chi connectivity index (χ0n) is 33.6. The maximum absolute atomic E-state index is 2.49. The average molecular weight is 726 g/mol. The Hall–Kier alpha value is -4.93. The Bertz CT molecular complexity index is 2680. The van der Waals surface area contributed by atoms with Crippen molar-refractivity contribution in [1.29, 1.82) is 0 Å². The summed E-state index contributed by atoms with van der Waals surface area (Å²) in [5, 5.41) is 2.68. The first-order valence-corrected chi connectivity index (χ1v) is 20.1. The lowest BCUT2D eigenvalue weighted by molar-refractivity contribution is 0.591. The van der Waals surface area contributed by atoms with Crippen LogP contribution in [0.15, 0.2) is 119 Å². The molecule has 0 aliphatic carbocycles. The van der Waals surface area contributed by atoms with Crippen molar-refractivity contribution in [3.05, 3.63) is 131 Å². The molecule has 6 aromatic carbocycles. The summed E-state index contributed by atoms with van der Waals surface area (Å²) in [6.45, 7) is 18.8. The molecule has 9 rings (SSSR count). The van der Waals surface area contributed by atoms with Crippen LogP contribution in [0, 0.1) is 0 Å². The van der Waals surface area contributed by atoms with Crippen LogP contribution in [-0.2, 0) is 23.3 Å². The monoisotopic (exact) mass is 725 g/mol. The van der Waals surface area contributed by atoms with Crippen LogP contribution in [-0.4, -0.2) is 18.7 Å². The third-order valence-corrected chi connectivity index (χ3v) is 13.4.